The Bertz CT molecular complexity index is 762. The molecule has 0 aliphatic carbocycles. The van der Waals surface area contributed by atoms with E-state index in [1.165, 1.54) is 17.8 Å². The minimum absolute atomic E-state index is 0.252. The Balaban J connectivity index is 1.75. The fourth-order valence-corrected chi connectivity index (χ4v) is 3.04. The zero-order valence-corrected chi connectivity index (χ0v) is 12.1. The molecule has 4 heteroatoms. The van der Waals surface area contributed by atoms with E-state index >= 15 is 0 Å². The van der Waals surface area contributed by atoms with Gasteiger partial charge in [0.1, 0.15) is 5.82 Å². The second kappa shape index (κ2) is 6.24. The maximum atomic E-state index is 13.5. The molecule has 2 aromatic carbocycles. The van der Waals surface area contributed by atoms with Crippen molar-refractivity contribution in [3.8, 4) is 0 Å². The number of halogens is 1. The van der Waals surface area contributed by atoms with Crippen LogP contribution in [0.5, 0.6) is 0 Å². The lowest BCUT2D eigenvalue weighted by molar-refractivity contribution is 0.204. The summed E-state index contributed by atoms with van der Waals surface area (Å²) in [6.07, 6.45) is 1.10. The second-order valence-electron chi connectivity index (χ2n) is 4.71. The number of benzene rings is 2. The Morgan fingerprint density at radius 2 is 1.95 bits per heavy atom. The van der Waals surface area contributed by atoms with Crippen LogP contribution in [-0.2, 0) is 0 Å². The van der Waals surface area contributed by atoms with E-state index in [4.69, 9.17) is 0 Å². The van der Waals surface area contributed by atoms with Crippen molar-refractivity contribution in [2.45, 2.75) is 11.0 Å². The summed E-state index contributed by atoms with van der Waals surface area (Å²) in [6.45, 7) is 0. The maximum absolute atomic E-state index is 13.5. The molecule has 21 heavy (non-hydrogen) atoms. The van der Waals surface area contributed by atoms with Gasteiger partial charge in [-0.1, -0.05) is 24.3 Å². The zero-order valence-electron chi connectivity index (χ0n) is 11.2. The molecule has 0 aliphatic heterocycles. The smallest absolute Gasteiger partial charge is 0.136 e. The molecule has 1 heterocycles. The van der Waals surface area contributed by atoms with Crippen LogP contribution < -0.4 is 0 Å². The molecule has 3 rings (SSSR count). The fraction of sp³-hybridized carbons (Fsp3) is 0.118. The Kier molecular flexibility index (Phi) is 4.18. The van der Waals surface area contributed by atoms with Crippen LogP contribution in [-0.4, -0.2) is 15.8 Å². The minimum atomic E-state index is -0.640. The Labute approximate surface area is 126 Å². The van der Waals surface area contributed by atoms with Crippen LogP contribution >= 0.6 is 11.8 Å². The van der Waals surface area contributed by atoms with Crippen molar-refractivity contribution in [1.29, 1.82) is 0 Å². The van der Waals surface area contributed by atoms with Gasteiger partial charge in [0.25, 0.3) is 0 Å². The van der Waals surface area contributed by atoms with Crippen molar-refractivity contribution in [3.63, 3.8) is 0 Å². The highest BCUT2D eigenvalue weighted by Gasteiger charge is 2.10. The summed E-state index contributed by atoms with van der Waals surface area (Å²) in [7, 11) is 0. The summed E-state index contributed by atoms with van der Waals surface area (Å²) < 4.78 is 13.5. The molecule has 0 aliphatic rings. The molecule has 0 amide bonds. The lowest BCUT2D eigenvalue weighted by atomic mass is 10.1. The standard InChI is InChI=1S/C17H14FNOS/c18-14-5-1-2-6-17(14)21-11-16(20)13-7-8-15-12(10-13)4-3-9-19-15/h1-10,16,20H,11H2. The van der Waals surface area contributed by atoms with Crippen LogP contribution in [0.2, 0.25) is 0 Å². The number of thioether (sulfide) groups is 1. The number of rotatable bonds is 4. The first-order valence-electron chi connectivity index (χ1n) is 6.64. The normalized spacial score (nSPS) is 12.5. The molecule has 0 saturated heterocycles. The fourth-order valence-electron chi connectivity index (χ4n) is 2.13. The highest BCUT2D eigenvalue weighted by molar-refractivity contribution is 7.99. The summed E-state index contributed by atoms with van der Waals surface area (Å²) >= 11 is 1.31. The van der Waals surface area contributed by atoms with Crippen LogP contribution in [0.15, 0.2) is 65.7 Å². The number of aromatic nitrogens is 1. The highest BCUT2D eigenvalue weighted by atomic mass is 32.2. The van der Waals surface area contributed by atoms with E-state index < -0.39 is 6.10 Å². The van der Waals surface area contributed by atoms with Gasteiger partial charge in [0, 0.05) is 22.2 Å². The van der Waals surface area contributed by atoms with Crippen molar-refractivity contribution in [3.05, 3.63) is 72.2 Å². The van der Waals surface area contributed by atoms with E-state index in [1.807, 2.05) is 30.3 Å². The van der Waals surface area contributed by atoms with Crippen molar-refractivity contribution in [2.75, 3.05) is 5.75 Å². The minimum Gasteiger partial charge on any atom is -0.388 e. The van der Waals surface area contributed by atoms with Gasteiger partial charge < -0.3 is 5.11 Å². The summed E-state index contributed by atoms with van der Waals surface area (Å²) in [5.41, 5.74) is 1.72. The molecule has 1 aromatic heterocycles. The Hall–Kier alpha value is -1.91. The van der Waals surface area contributed by atoms with E-state index in [0.717, 1.165) is 16.5 Å². The van der Waals surface area contributed by atoms with Crippen LogP contribution in [0.1, 0.15) is 11.7 Å². The van der Waals surface area contributed by atoms with Gasteiger partial charge in [0.05, 0.1) is 11.6 Å². The summed E-state index contributed by atoms with van der Waals surface area (Å²) in [5, 5.41) is 11.3. The average molecular weight is 299 g/mol. The Morgan fingerprint density at radius 1 is 1.10 bits per heavy atom. The molecular weight excluding hydrogens is 285 g/mol. The monoisotopic (exact) mass is 299 g/mol. The topological polar surface area (TPSA) is 33.1 Å². The first-order valence-corrected chi connectivity index (χ1v) is 7.63. The van der Waals surface area contributed by atoms with E-state index in [2.05, 4.69) is 4.98 Å². The summed E-state index contributed by atoms with van der Waals surface area (Å²) in [5.74, 6) is 0.157. The zero-order chi connectivity index (χ0) is 14.7. The number of hydrogen-bond acceptors (Lipinski definition) is 3. The van der Waals surface area contributed by atoms with Gasteiger partial charge in [0.2, 0.25) is 0 Å². The summed E-state index contributed by atoms with van der Waals surface area (Å²) in [4.78, 5) is 4.81. The van der Waals surface area contributed by atoms with E-state index in [0.29, 0.717) is 10.6 Å². The third-order valence-electron chi connectivity index (χ3n) is 3.25. The molecule has 0 radical (unpaired) electrons. The number of fused-ring (bicyclic) bond motifs is 1. The van der Waals surface area contributed by atoms with Gasteiger partial charge >= 0.3 is 0 Å². The molecule has 0 bridgehead atoms. The lowest BCUT2D eigenvalue weighted by Crippen LogP contribution is -2.01. The van der Waals surface area contributed by atoms with Gasteiger partial charge in [-0.05, 0) is 35.9 Å². The number of pyridine rings is 1. The van der Waals surface area contributed by atoms with Crippen molar-refractivity contribution in [1.82, 2.24) is 4.98 Å². The van der Waals surface area contributed by atoms with Gasteiger partial charge in [-0.25, -0.2) is 4.39 Å². The van der Waals surface area contributed by atoms with Gasteiger partial charge in [-0.3, -0.25) is 4.98 Å². The number of nitrogens with zero attached hydrogens (tertiary/aromatic N) is 1. The molecular formula is C17H14FNOS. The van der Waals surface area contributed by atoms with Crippen LogP contribution in [0.3, 0.4) is 0 Å². The van der Waals surface area contributed by atoms with Gasteiger partial charge in [0.15, 0.2) is 0 Å². The molecule has 3 aromatic rings. The summed E-state index contributed by atoms with van der Waals surface area (Å²) in [6, 6.07) is 16.1. The average Bonchev–Trinajstić information content (AvgIpc) is 2.53. The number of aliphatic hydroxyl groups is 1. The van der Waals surface area contributed by atoms with Crippen molar-refractivity contribution in [2.24, 2.45) is 0 Å². The molecule has 1 atom stereocenters. The van der Waals surface area contributed by atoms with E-state index in [1.54, 1.807) is 24.4 Å². The molecule has 0 spiro atoms. The van der Waals surface area contributed by atoms with Gasteiger partial charge in [-0.15, -0.1) is 11.8 Å². The highest BCUT2D eigenvalue weighted by Crippen LogP contribution is 2.27. The molecule has 2 nitrogen and oxygen atoms in total. The first kappa shape index (κ1) is 14.0. The Morgan fingerprint density at radius 3 is 2.81 bits per heavy atom. The SMILES string of the molecule is OC(CSc1ccccc1F)c1ccc2ncccc2c1. The third kappa shape index (κ3) is 3.23. The number of hydrogen-bond donors (Lipinski definition) is 1. The molecule has 106 valence electrons. The van der Waals surface area contributed by atoms with E-state index in [-0.39, 0.29) is 5.82 Å². The largest absolute Gasteiger partial charge is 0.388 e. The van der Waals surface area contributed by atoms with Crippen molar-refractivity contribution < 1.29 is 9.50 Å². The van der Waals surface area contributed by atoms with Crippen LogP contribution in [0.4, 0.5) is 4.39 Å². The van der Waals surface area contributed by atoms with Gasteiger partial charge in [-0.2, -0.15) is 0 Å². The predicted octanol–water partition coefficient (Wildman–Crippen LogP) is 4.20. The lowest BCUT2D eigenvalue weighted by Gasteiger charge is -2.11. The molecule has 0 saturated carbocycles. The first-order chi connectivity index (χ1) is 10.2. The molecule has 1 unspecified atom stereocenters. The third-order valence-corrected chi connectivity index (χ3v) is 4.37. The quantitative estimate of drug-likeness (QED) is 0.733. The molecule has 0 fully saturated rings. The van der Waals surface area contributed by atoms with E-state index in [9.17, 15) is 9.50 Å². The molecule has 1 N–H and O–H groups in total. The van der Waals surface area contributed by atoms with Crippen LogP contribution in [0, 0.1) is 5.82 Å². The van der Waals surface area contributed by atoms with Crippen LogP contribution in [0.25, 0.3) is 10.9 Å². The van der Waals surface area contributed by atoms with Crippen molar-refractivity contribution >= 4 is 22.7 Å². The second-order valence-corrected chi connectivity index (χ2v) is 5.77. The number of aliphatic hydroxyl groups excluding tert-OH is 1. The predicted molar refractivity (Wildman–Crippen MR) is 83.8 cm³/mol. The maximum Gasteiger partial charge on any atom is 0.136 e.